The van der Waals surface area contributed by atoms with Gasteiger partial charge in [-0.25, -0.2) is 9.07 Å². The van der Waals surface area contributed by atoms with Gasteiger partial charge in [0.2, 0.25) is 0 Å². The molecule has 8 nitrogen and oxygen atoms in total. The van der Waals surface area contributed by atoms with E-state index < -0.39 is 17.3 Å². The Morgan fingerprint density at radius 2 is 1.97 bits per heavy atom. The van der Waals surface area contributed by atoms with Gasteiger partial charge in [-0.15, -0.1) is 0 Å². The van der Waals surface area contributed by atoms with Crippen molar-refractivity contribution in [3.05, 3.63) is 107 Å². The van der Waals surface area contributed by atoms with Crippen LogP contribution in [0.2, 0.25) is 0 Å². The molecule has 1 unspecified atom stereocenters. The molecular weight excluding hydrogens is 481 g/mol. The minimum absolute atomic E-state index is 0.0283. The summed E-state index contributed by atoms with van der Waals surface area (Å²) in [6.45, 7) is 1.76. The number of nitrogen functional groups attached to an aromatic ring is 1. The number of anilines is 1. The molecule has 5 rings (SSSR count). The van der Waals surface area contributed by atoms with Crippen molar-refractivity contribution in [3.8, 4) is 5.69 Å². The van der Waals surface area contributed by atoms with Gasteiger partial charge in [0.25, 0.3) is 5.91 Å². The number of rotatable bonds is 9. The van der Waals surface area contributed by atoms with E-state index in [0.717, 1.165) is 12.0 Å². The number of aryl methyl sites for hydroxylation is 1. The van der Waals surface area contributed by atoms with Gasteiger partial charge in [0.15, 0.2) is 0 Å². The van der Waals surface area contributed by atoms with E-state index in [9.17, 15) is 4.79 Å². The highest BCUT2D eigenvalue weighted by molar-refractivity contribution is 6.03. The molecule has 2 aromatic heterocycles. The first-order valence-electron chi connectivity index (χ1n) is 12.6. The molecule has 194 valence electrons. The van der Waals surface area contributed by atoms with Gasteiger partial charge in [-0.3, -0.25) is 15.2 Å². The first-order chi connectivity index (χ1) is 18.2. The highest BCUT2D eigenvalue weighted by Gasteiger charge is 2.33. The van der Waals surface area contributed by atoms with Crippen molar-refractivity contribution >= 4 is 17.4 Å². The van der Waals surface area contributed by atoms with E-state index in [1.165, 1.54) is 23.6 Å². The van der Waals surface area contributed by atoms with Crippen molar-refractivity contribution in [2.45, 2.75) is 38.1 Å². The first-order valence-corrected chi connectivity index (χ1v) is 12.6. The molecule has 2 heterocycles. The summed E-state index contributed by atoms with van der Waals surface area (Å²) in [4.78, 5) is 17.7. The third-order valence-electron chi connectivity index (χ3n) is 7.02. The van der Waals surface area contributed by atoms with Crippen molar-refractivity contribution in [2.24, 2.45) is 17.4 Å². The number of nitrogens with zero attached hydrogens (tertiary/aromatic N) is 3. The highest BCUT2D eigenvalue weighted by atomic mass is 19.1. The molecule has 6 N–H and O–H groups in total. The van der Waals surface area contributed by atoms with Crippen LogP contribution in [0.5, 0.6) is 0 Å². The maximum absolute atomic E-state index is 15.0. The molecule has 1 aliphatic carbocycles. The summed E-state index contributed by atoms with van der Waals surface area (Å²) in [5.74, 6) is -0.531. The molecule has 0 radical (unpaired) electrons. The van der Waals surface area contributed by atoms with Crippen LogP contribution in [-0.2, 0) is 5.54 Å². The van der Waals surface area contributed by atoms with Gasteiger partial charge < -0.3 is 16.8 Å². The molecule has 2 aromatic carbocycles. The molecule has 0 bridgehead atoms. The standard InChI is InChI=1S/C29H30FN7O/c1-18-14-26(37(36-18)23-6-2-4-20(15-23)27(31)32)28(38)35-25-16-21(9-10-24(25)30)29(33,12-11-19-7-8-19)22-5-3-13-34-17-22/h2-6,9-10,13-17,19H,7-8,11-12,33H2,1H3,(H3,31,32)(H,35,38). The second-order valence-corrected chi connectivity index (χ2v) is 9.89. The number of halogens is 1. The van der Waals surface area contributed by atoms with E-state index in [1.54, 1.807) is 61.8 Å². The molecule has 0 aliphatic heterocycles. The molecule has 1 fully saturated rings. The Bertz CT molecular complexity index is 1500. The van der Waals surface area contributed by atoms with Crippen molar-refractivity contribution in [2.75, 3.05) is 5.32 Å². The minimum Gasteiger partial charge on any atom is -0.384 e. The number of nitrogens with one attached hydrogen (secondary N) is 2. The fraction of sp³-hybridized carbons (Fsp3) is 0.241. The van der Waals surface area contributed by atoms with Crippen LogP contribution in [0.4, 0.5) is 10.1 Å². The van der Waals surface area contributed by atoms with Gasteiger partial charge in [0.05, 0.1) is 22.6 Å². The second-order valence-electron chi connectivity index (χ2n) is 9.89. The van der Waals surface area contributed by atoms with Crippen LogP contribution in [0.1, 0.15) is 58.6 Å². The summed E-state index contributed by atoms with van der Waals surface area (Å²) in [6.07, 6.45) is 7.49. The molecule has 1 saturated carbocycles. The van der Waals surface area contributed by atoms with Crippen molar-refractivity contribution in [1.82, 2.24) is 14.8 Å². The van der Waals surface area contributed by atoms with Crippen LogP contribution in [0.15, 0.2) is 73.1 Å². The Kier molecular flexibility index (Phi) is 6.77. The van der Waals surface area contributed by atoms with Gasteiger partial charge in [-0.2, -0.15) is 5.10 Å². The van der Waals surface area contributed by atoms with Gasteiger partial charge >= 0.3 is 0 Å². The van der Waals surface area contributed by atoms with Crippen LogP contribution in [0.3, 0.4) is 0 Å². The number of carbonyl (C=O) groups excluding carboxylic acids is 1. The summed E-state index contributed by atoms with van der Waals surface area (Å²) in [5, 5.41) is 14.9. The molecule has 1 aliphatic rings. The predicted molar refractivity (Wildman–Crippen MR) is 145 cm³/mol. The lowest BCUT2D eigenvalue weighted by Gasteiger charge is -2.31. The average molecular weight is 512 g/mol. The number of hydrogen-bond donors (Lipinski definition) is 4. The fourth-order valence-electron chi connectivity index (χ4n) is 4.67. The Morgan fingerprint density at radius 3 is 2.68 bits per heavy atom. The number of aromatic nitrogens is 3. The van der Waals surface area contributed by atoms with Crippen LogP contribution in [-0.4, -0.2) is 26.5 Å². The summed E-state index contributed by atoms with van der Waals surface area (Å²) < 4.78 is 16.5. The molecule has 0 spiro atoms. The zero-order valence-electron chi connectivity index (χ0n) is 21.1. The summed E-state index contributed by atoms with van der Waals surface area (Å²) in [7, 11) is 0. The summed E-state index contributed by atoms with van der Waals surface area (Å²) >= 11 is 0. The number of benzene rings is 2. The number of hydrogen-bond acceptors (Lipinski definition) is 5. The molecule has 9 heteroatoms. The quantitative estimate of drug-likeness (QED) is 0.192. The molecule has 1 atom stereocenters. The lowest BCUT2D eigenvalue weighted by molar-refractivity contribution is 0.101. The molecule has 38 heavy (non-hydrogen) atoms. The Balaban J connectivity index is 1.47. The normalized spacial score (nSPS) is 14.6. The largest absolute Gasteiger partial charge is 0.384 e. The van der Waals surface area contributed by atoms with Crippen LogP contribution >= 0.6 is 0 Å². The minimum atomic E-state index is -0.879. The SMILES string of the molecule is Cc1cc(C(=O)Nc2cc(C(N)(CCC3CC3)c3cccnc3)ccc2F)n(-c2cccc(C(=N)N)c2)n1. The number of nitrogens with two attached hydrogens (primary N) is 2. The van der Waals surface area contributed by atoms with E-state index in [1.807, 2.05) is 12.1 Å². The number of amidine groups is 1. The van der Waals surface area contributed by atoms with E-state index in [4.69, 9.17) is 16.9 Å². The number of amides is 1. The van der Waals surface area contributed by atoms with Crippen LogP contribution < -0.4 is 16.8 Å². The summed E-state index contributed by atoms with van der Waals surface area (Å²) in [5.41, 5.74) is 15.2. The van der Waals surface area contributed by atoms with Gasteiger partial charge in [0, 0.05) is 18.0 Å². The van der Waals surface area contributed by atoms with Crippen molar-refractivity contribution < 1.29 is 9.18 Å². The monoisotopic (exact) mass is 511 g/mol. The van der Waals surface area contributed by atoms with E-state index in [0.29, 0.717) is 34.8 Å². The second kappa shape index (κ2) is 10.2. The van der Waals surface area contributed by atoms with E-state index >= 15 is 4.39 Å². The Labute approximate surface area is 220 Å². The lowest BCUT2D eigenvalue weighted by Crippen LogP contribution is -2.38. The van der Waals surface area contributed by atoms with Gasteiger partial charge in [-0.05, 0) is 73.2 Å². The van der Waals surface area contributed by atoms with Crippen LogP contribution in [0, 0.1) is 24.1 Å². The highest BCUT2D eigenvalue weighted by Crippen LogP contribution is 2.40. The van der Waals surface area contributed by atoms with E-state index in [-0.39, 0.29) is 17.2 Å². The average Bonchev–Trinajstić information content (AvgIpc) is 3.68. The van der Waals surface area contributed by atoms with Crippen molar-refractivity contribution in [3.63, 3.8) is 0 Å². The molecule has 4 aromatic rings. The zero-order chi connectivity index (χ0) is 26.9. The fourth-order valence-corrected chi connectivity index (χ4v) is 4.67. The van der Waals surface area contributed by atoms with Gasteiger partial charge in [-0.1, -0.05) is 37.1 Å². The number of carbonyl (C=O) groups is 1. The Morgan fingerprint density at radius 1 is 1.16 bits per heavy atom. The lowest BCUT2D eigenvalue weighted by atomic mass is 9.80. The zero-order valence-corrected chi connectivity index (χ0v) is 21.1. The Hall–Kier alpha value is -4.37. The maximum Gasteiger partial charge on any atom is 0.274 e. The van der Waals surface area contributed by atoms with Gasteiger partial charge in [0.1, 0.15) is 17.3 Å². The summed E-state index contributed by atoms with van der Waals surface area (Å²) in [6, 6.07) is 16.9. The molecule has 1 amide bonds. The van der Waals surface area contributed by atoms with Crippen LogP contribution in [0.25, 0.3) is 5.69 Å². The maximum atomic E-state index is 15.0. The first kappa shape index (κ1) is 25.3. The van der Waals surface area contributed by atoms with Crippen molar-refractivity contribution in [1.29, 1.82) is 5.41 Å². The predicted octanol–water partition coefficient (Wildman–Crippen LogP) is 4.64. The topological polar surface area (TPSA) is 136 Å². The third kappa shape index (κ3) is 5.19. The van der Waals surface area contributed by atoms with E-state index in [2.05, 4.69) is 15.4 Å². The molecule has 0 saturated heterocycles. The third-order valence-corrected chi connectivity index (χ3v) is 7.02. The number of pyridine rings is 1. The molecular formula is C29H30FN7O. The smallest absolute Gasteiger partial charge is 0.274 e.